The van der Waals surface area contributed by atoms with Crippen LogP contribution in [0.3, 0.4) is 0 Å². The first kappa shape index (κ1) is 21.4. The fraction of sp³-hybridized carbons (Fsp3) is 0.0833. The molecule has 0 spiro atoms. The van der Waals surface area contributed by atoms with E-state index in [1.165, 1.54) is 6.21 Å². The first-order valence-corrected chi connectivity index (χ1v) is 9.62. The van der Waals surface area contributed by atoms with Crippen molar-refractivity contribution in [2.75, 3.05) is 19.0 Å². The maximum absolute atomic E-state index is 12.8. The van der Waals surface area contributed by atoms with Crippen LogP contribution in [0.25, 0.3) is 6.08 Å². The summed E-state index contributed by atoms with van der Waals surface area (Å²) in [5.41, 5.74) is 5.56. The normalized spacial score (nSPS) is 11.2. The van der Waals surface area contributed by atoms with Crippen molar-refractivity contribution in [2.45, 2.75) is 0 Å². The van der Waals surface area contributed by atoms with E-state index in [-0.39, 0.29) is 11.6 Å². The molecule has 0 radical (unpaired) electrons. The van der Waals surface area contributed by atoms with Crippen LogP contribution >= 0.6 is 0 Å². The molecular weight excluding hydrogens is 390 g/mol. The van der Waals surface area contributed by atoms with E-state index in [4.69, 9.17) is 0 Å². The van der Waals surface area contributed by atoms with Gasteiger partial charge in [-0.05, 0) is 53.6 Å². The molecule has 1 aromatic heterocycles. The van der Waals surface area contributed by atoms with Crippen molar-refractivity contribution >= 4 is 29.8 Å². The highest BCUT2D eigenvalue weighted by atomic mass is 16.2. The fourth-order valence-electron chi connectivity index (χ4n) is 2.65. The molecule has 3 aromatic rings. The summed E-state index contributed by atoms with van der Waals surface area (Å²) in [4.78, 5) is 31.3. The van der Waals surface area contributed by atoms with Crippen LogP contribution in [0.4, 0.5) is 5.69 Å². The van der Waals surface area contributed by atoms with Gasteiger partial charge in [0, 0.05) is 37.7 Å². The minimum absolute atomic E-state index is 0.0818. The Morgan fingerprint density at radius 3 is 2.23 bits per heavy atom. The van der Waals surface area contributed by atoms with Gasteiger partial charge < -0.3 is 10.2 Å². The Morgan fingerprint density at radius 1 is 0.903 bits per heavy atom. The van der Waals surface area contributed by atoms with Gasteiger partial charge in [0.15, 0.2) is 0 Å². The molecule has 0 unspecified atom stereocenters. The molecule has 1 heterocycles. The van der Waals surface area contributed by atoms with E-state index in [0.717, 1.165) is 16.8 Å². The molecule has 2 N–H and O–H groups in total. The van der Waals surface area contributed by atoms with Crippen molar-refractivity contribution < 1.29 is 9.59 Å². The predicted molar refractivity (Wildman–Crippen MR) is 123 cm³/mol. The summed E-state index contributed by atoms with van der Waals surface area (Å²) in [7, 11) is 3.90. The molecule has 31 heavy (non-hydrogen) atoms. The lowest BCUT2D eigenvalue weighted by Gasteiger charge is -2.12. The van der Waals surface area contributed by atoms with E-state index >= 15 is 0 Å². The van der Waals surface area contributed by atoms with Gasteiger partial charge in [-0.25, -0.2) is 5.43 Å². The Morgan fingerprint density at radius 2 is 1.58 bits per heavy atom. The molecule has 0 aliphatic carbocycles. The molecule has 0 bridgehead atoms. The molecule has 156 valence electrons. The third kappa shape index (κ3) is 6.37. The summed E-state index contributed by atoms with van der Waals surface area (Å²) in [6.45, 7) is 0. The number of nitrogens with zero attached hydrogens (tertiary/aromatic N) is 3. The molecule has 3 rings (SSSR count). The summed E-state index contributed by atoms with van der Waals surface area (Å²) in [5, 5.41) is 6.65. The Labute approximate surface area is 181 Å². The van der Waals surface area contributed by atoms with Crippen molar-refractivity contribution in [3.8, 4) is 0 Å². The van der Waals surface area contributed by atoms with Gasteiger partial charge in [-0.1, -0.05) is 30.3 Å². The van der Waals surface area contributed by atoms with Crippen molar-refractivity contribution in [3.05, 3.63) is 102 Å². The van der Waals surface area contributed by atoms with Crippen molar-refractivity contribution in [3.63, 3.8) is 0 Å². The third-order valence-corrected chi connectivity index (χ3v) is 4.34. The minimum Gasteiger partial charge on any atom is -0.378 e. The zero-order valence-electron chi connectivity index (χ0n) is 17.3. The van der Waals surface area contributed by atoms with E-state index in [1.54, 1.807) is 54.9 Å². The number of carbonyl (C=O) groups is 2. The van der Waals surface area contributed by atoms with Crippen LogP contribution in [-0.2, 0) is 4.79 Å². The molecule has 7 heteroatoms. The topological polar surface area (TPSA) is 86.7 Å². The summed E-state index contributed by atoms with van der Waals surface area (Å²) >= 11 is 0. The SMILES string of the molecule is CN(C)c1ccc(C=C(NC(=O)c2ccccc2)C(=O)NN=Cc2ccncc2)cc1. The maximum atomic E-state index is 12.8. The average molecular weight is 413 g/mol. The van der Waals surface area contributed by atoms with E-state index in [1.807, 2.05) is 49.3 Å². The number of hydrogen-bond acceptors (Lipinski definition) is 5. The number of nitrogens with one attached hydrogen (secondary N) is 2. The highest BCUT2D eigenvalue weighted by Gasteiger charge is 2.14. The Balaban J connectivity index is 1.81. The maximum Gasteiger partial charge on any atom is 0.287 e. The number of amides is 2. The summed E-state index contributed by atoms with van der Waals surface area (Å²) in [6.07, 6.45) is 6.37. The molecule has 0 saturated carbocycles. The highest BCUT2D eigenvalue weighted by molar-refractivity contribution is 6.05. The van der Waals surface area contributed by atoms with Gasteiger partial charge in [0.05, 0.1) is 6.21 Å². The number of anilines is 1. The van der Waals surface area contributed by atoms with Gasteiger partial charge in [0.2, 0.25) is 0 Å². The van der Waals surface area contributed by atoms with Crippen molar-refractivity contribution in [1.29, 1.82) is 0 Å². The van der Waals surface area contributed by atoms with E-state index in [2.05, 4.69) is 20.8 Å². The largest absolute Gasteiger partial charge is 0.378 e. The average Bonchev–Trinajstić information content (AvgIpc) is 2.80. The molecule has 0 saturated heterocycles. The smallest absolute Gasteiger partial charge is 0.287 e. The van der Waals surface area contributed by atoms with Gasteiger partial charge in [0.1, 0.15) is 5.70 Å². The third-order valence-electron chi connectivity index (χ3n) is 4.34. The van der Waals surface area contributed by atoms with E-state index < -0.39 is 5.91 Å². The zero-order chi connectivity index (χ0) is 22.1. The minimum atomic E-state index is -0.536. The lowest BCUT2D eigenvalue weighted by atomic mass is 10.1. The summed E-state index contributed by atoms with van der Waals surface area (Å²) in [6, 6.07) is 19.8. The monoisotopic (exact) mass is 413 g/mol. The van der Waals surface area contributed by atoms with Crippen LogP contribution in [0.1, 0.15) is 21.5 Å². The Hall–Kier alpha value is -4.26. The number of benzene rings is 2. The van der Waals surface area contributed by atoms with Crippen LogP contribution in [0.5, 0.6) is 0 Å². The van der Waals surface area contributed by atoms with Crippen molar-refractivity contribution in [2.24, 2.45) is 5.10 Å². The molecule has 0 aliphatic rings. The standard InChI is InChI=1S/C24H23N5O2/c1-29(2)21-10-8-18(9-11-21)16-22(27-23(30)20-6-4-3-5-7-20)24(31)28-26-17-19-12-14-25-15-13-19/h3-17H,1-2H3,(H,27,30)(H,28,31). The number of hydrogen-bond donors (Lipinski definition) is 2. The number of carbonyl (C=O) groups excluding carboxylic acids is 2. The molecule has 0 atom stereocenters. The number of aromatic nitrogens is 1. The second kappa shape index (κ2) is 10.5. The van der Waals surface area contributed by atoms with Gasteiger partial charge in [0.25, 0.3) is 11.8 Å². The van der Waals surface area contributed by atoms with Gasteiger partial charge in [-0.3, -0.25) is 14.6 Å². The van der Waals surface area contributed by atoms with Gasteiger partial charge in [-0.2, -0.15) is 5.10 Å². The van der Waals surface area contributed by atoms with Crippen LogP contribution in [-0.4, -0.2) is 37.1 Å². The first-order chi connectivity index (χ1) is 15.0. The van der Waals surface area contributed by atoms with E-state index in [9.17, 15) is 9.59 Å². The molecular formula is C24H23N5O2. The number of pyridine rings is 1. The molecule has 2 aromatic carbocycles. The molecule has 0 fully saturated rings. The quantitative estimate of drug-likeness (QED) is 0.354. The lowest BCUT2D eigenvalue weighted by molar-refractivity contribution is -0.117. The highest BCUT2D eigenvalue weighted by Crippen LogP contribution is 2.14. The van der Waals surface area contributed by atoms with Crippen LogP contribution in [0.15, 0.2) is 89.9 Å². The summed E-state index contributed by atoms with van der Waals surface area (Å²) in [5.74, 6) is -0.920. The predicted octanol–water partition coefficient (Wildman–Crippen LogP) is 3.07. The fourth-order valence-corrected chi connectivity index (χ4v) is 2.65. The summed E-state index contributed by atoms with van der Waals surface area (Å²) < 4.78 is 0. The van der Waals surface area contributed by atoms with E-state index in [0.29, 0.717) is 5.56 Å². The van der Waals surface area contributed by atoms with Crippen molar-refractivity contribution in [1.82, 2.24) is 15.7 Å². The van der Waals surface area contributed by atoms with Crippen LogP contribution in [0, 0.1) is 0 Å². The van der Waals surface area contributed by atoms with Crippen LogP contribution in [0.2, 0.25) is 0 Å². The molecule has 0 aliphatic heterocycles. The number of rotatable bonds is 7. The number of hydrazone groups is 1. The second-order valence-corrected chi connectivity index (χ2v) is 6.84. The molecule has 7 nitrogen and oxygen atoms in total. The van der Waals surface area contributed by atoms with Crippen LogP contribution < -0.4 is 15.6 Å². The van der Waals surface area contributed by atoms with Gasteiger partial charge >= 0.3 is 0 Å². The zero-order valence-corrected chi connectivity index (χ0v) is 17.3. The Kier molecular flexibility index (Phi) is 7.26. The first-order valence-electron chi connectivity index (χ1n) is 9.62. The second-order valence-electron chi connectivity index (χ2n) is 6.84. The lowest BCUT2D eigenvalue weighted by Crippen LogP contribution is -2.32. The Bertz CT molecular complexity index is 1080. The van der Waals surface area contributed by atoms with Gasteiger partial charge in [-0.15, -0.1) is 0 Å². The molecule has 2 amide bonds.